The minimum atomic E-state index is -0.527. The summed E-state index contributed by atoms with van der Waals surface area (Å²) in [5.41, 5.74) is 1.39. The van der Waals surface area contributed by atoms with E-state index in [-0.39, 0.29) is 18.6 Å². The van der Waals surface area contributed by atoms with E-state index in [2.05, 4.69) is 4.98 Å². The Morgan fingerprint density at radius 1 is 1.22 bits per heavy atom. The highest BCUT2D eigenvalue weighted by Gasteiger charge is 2.33. The van der Waals surface area contributed by atoms with Crippen molar-refractivity contribution < 1.29 is 19.1 Å². The summed E-state index contributed by atoms with van der Waals surface area (Å²) in [7, 11) is 1.62. The van der Waals surface area contributed by atoms with Gasteiger partial charge in [0.2, 0.25) is 0 Å². The second-order valence-electron chi connectivity index (χ2n) is 6.24. The Morgan fingerprint density at radius 3 is 2.59 bits per heavy atom. The summed E-state index contributed by atoms with van der Waals surface area (Å²) in [4.78, 5) is 30.9. The molecule has 1 amide bonds. The summed E-state index contributed by atoms with van der Waals surface area (Å²) in [6.07, 6.45) is 5.43. The minimum absolute atomic E-state index is 0.184. The number of rotatable bonds is 8. The van der Waals surface area contributed by atoms with Crippen molar-refractivity contribution in [2.24, 2.45) is 0 Å². The minimum Gasteiger partial charge on any atom is -0.497 e. The Morgan fingerprint density at radius 2 is 1.96 bits per heavy atom. The Labute approximate surface area is 162 Å². The summed E-state index contributed by atoms with van der Waals surface area (Å²) in [5.74, 6) is 0.0651. The smallest absolute Gasteiger partial charge is 0.341 e. The maximum absolute atomic E-state index is 12.6. The van der Waals surface area contributed by atoms with Crippen molar-refractivity contribution in [1.82, 2.24) is 9.88 Å². The van der Waals surface area contributed by atoms with Gasteiger partial charge in [0.05, 0.1) is 12.7 Å². The van der Waals surface area contributed by atoms with Gasteiger partial charge in [-0.3, -0.25) is 4.79 Å². The fraction of sp³-hybridized carbons (Fsp3) is 0.350. The molecule has 1 fully saturated rings. The van der Waals surface area contributed by atoms with Crippen molar-refractivity contribution in [2.45, 2.75) is 30.5 Å². The third kappa shape index (κ3) is 5.01. The predicted molar refractivity (Wildman–Crippen MR) is 103 cm³/mol. The fourth-order valence-corrected chi connectivity index (χ4v) is 3.27. The molecule has 1 aliphatic carbocycles. The Hall–Kier alpha value is -2.54. The first kappa shape index (κ1) is 19.2. The molecule has 6 nitrogen and oxygen atoms in total. The van der Waals surface area contributed by atoms with Gasteiger partial charge < -0.3 is 14.4 Å². The molecule has 1 aromatic heterocycles. The van der Waals surface area contributed by atoms with Crippen LogP contribution >= 0.6 is 11.8 Å². The summed E-state index contributed by atoms with van der Waals surface area (Å²) in [6.45, 7) is 0.224. The molecule has 1 aliphatic rings. The fourth-order valence-electron chi connectivity index (χ4n) is 2.73. The van der Waals surface area contributed by atoms with Crippen LogP contribution in [0.2, 0.25) is 0 Å². The first-order chi connectivity index (χ1) is 13.1. The number of hydrogen-bond donors (Lipinski definition) is 0. The van der Waals surface area contributed by atoms with Crippen molar-refractivity contribution in [2.75, 3.05) is 20.0 Å². The number of hydrogen-bond acceptors (Lipinski definition) is 6. The molecular formula is C20H22N2O4S. The zero-order chi connectivity index (χ0) is 19.2. The number of pyridine rings is 1. The van der Waals surface area contributed by atoms with E-state index < -0.39 is 5.97 Å². The van der Waals surface area contributed by atoms with E-state index in [1.807, 2.05) is 30.5 Å². The van der Waals surface area contributed by atoms with E-state index in [0.29, 0.717) is 17.1 Å². The summed E-state index contributed by atoms with van der Waals surface area (Å²) < 4.78 is 10.4. The summed E-state index contributed by atoms with van der Waals surface area (Å²) >= 11 is 1.37. The van der Waals surface area contributed by atoms with E-state index in [9.17, 15) is 9.59 Å². The highest BCUT2D eigenvalue weighted by Crippen LogP contribution is 2.29. The van der Waals surface area contributed by atoms with Gasteiger partial charge in [-0.2, -0.15) is 0 Å². The number of ether oxygens (including phenoxy) is 2. The van der Waals surface area contributed by atoms with Gasteiger partial charge in [0.15, 0.2) is 6.61 Å². The number of thioether (sulfide) groups is 1. The van der Waals surface area contributed by atoms with Gasteiger partial charge in [-0.25, -0.2) is 9.78 Å². The van der Waals surface area contributed by atoms with Crippen LogP contribution in [0.5, 0.6) is 5.75 Å². The normalized spacial score (nSPS) is 13.1. The van der Waals surface area contributed by atoms with Gasteiger partial charge in [-0.15, -0.1) is 11.8 Å². The number of esters is 1. The Balaban J connectivity index is 1.61. The third-order valence-electron chi connectivity index (χ3n) is 4.33. The lowest BCUT2D eigenvalue weighted by Gasteiger charge is -2.22. The van der Waals surface area contributed by atoms with Gasteiger partial charge in [0.25, 0.3) is 5.91 Å². The quantitative estimate of drug-likeness (QED) is 0.513. The number of nitrogens with zero attached hydrogens (tertiary/aromatic N) is 2. The van der Waals surface area contributed by atoms with Crippen molar-refractivity contribution >= 4 is 23.6 Å². The summed E-state index contributed by atoms with van der Waals surface area (Å²) in [5, 5.41) is 0.590. The molecule has 0 saturated heterocycles. The lowest BCUT2D eigenvalue weighted by molar-refractivity contribution is -0.135. The largest absolute Gasteiger partial charge is 0.497 e. The van der Waals surface area contributed by atoms with Crippen LogP contribution < -0.4 is 4.74 Å². The van der Waals surface area contributed by atoms with Crippen LogP contribution in [-0.2, 0) is 16.1 Å². The number of carbonyl (C=O) groups is 2. The standard InChI is InChI=1S/C20H22N2O4S/c1-25-16-9-5-14(6-10-16)12-22(15-7-8-15)18(23)13-26-20(24)17-4-3-11-21-19(17)27-2/h3-6,9-11,15H,7-8,12-13H2,1-2H3. The number of methoxy groups -OCH3 is 1. The van der Waals surface area contributed by atoms with Crippen molar-refractivity contribution in [1.29, 1.82) is 0 Å². The van der Waals surface area contributed by atoms with Crippen LogP contribution in [0.15, 0.2) is 47.6 Å². The SMILES string of the molecule is COc1ccc(CN(C(=O)COC(=O)c2cccnc2SC)C2CC2)cc1. The maximum atomic E-state index is 12.6. The molecule has 0 N–H and O–H groups in total. The topological polar surface area (TPSA) is 68.7 Å². The van der Waals surface area contributed by atoms with Crippen LogP contribution in [0, 0.1) is 0 Å². The molecule has 3 rings (SSSR count). The highest BCUT2D eigenvalue weighted by molar-refractivity contribution is 7.98. The lowest BCUT2D eigenvalue weighted by Crippen LogP contribution is -2.36. The lowest BCUT2D eigenvalue weighted by atomic mass is 10.2. The third-order valence-corrected chi connectivity index (χ3v) is 5.04. The molecule has 0 unspecified atom stereocenters. The number of amides is 1. The van der Waals surface area contributed by atoms with Gasteiger partial charge in [0.1, 0.15) is 10.8 Å². The molecule has 1 saturated carbocycles. The number of carbonyl (C=O) groups excluding carboxylic acids is 2. The van der Waals surface area contributed by atoms with E-state index in [1.165, 1.54) is 11.8 Å². The molecular weight excluding hydrogens is 364 g/mol. The average Bonchev–Trinajstić information content (AvgIpc) is 3.55. The maximum Gasteiger partial charge on any atom is 0.341 e. The number of benzene rings is 1. The van der Waals surface area contributed by atoms with Crippen LogP contribution in [-0.4, -0.2) is 47.8 Å². The van der Waals surface area contributed by atoms with Crippen molar-refractivity contribution in [3.63, 3.8) is 0 Å². The van der Waals surface area contributed by atoms with Gasteiger partial charge in [0, 0.05) is 18.8 Å². The predicted octanol–water partition coefficient (Wildman–Crippen LogP) is 3.16. The molecule has 27 heavy (non-hydrogen) atoms. The summed E-state index contributed by atoms with van der Waals surface area (Å²) in [6, 6.07) is 11.2. The zero-order valence-corrected chi connectivity index (χ0v) is 16.2. The molecule has 0 spiro atoms. The van der Waals surface area contributed by atoms with Crippen LogP contribution in [0.4, 0.5) is 0 Å². The monoisotopic (exact) mass is 386 g/mol. The zero-order valence-electron chi connectivity index (χ0n) is 15.4. The van der Waals surface area contributed by atoms with E-state index in [1.54, 1.807) is 30.3 Å². The van der Waals surface area contributed by atoms with Gasteiger partial charge in [-0.05, 0) is 48.9 Å². The Kier molecular flexibility index (Phi) is 6.34. The van der Waals surface area contributed by atoms with Crippen molar-refractivity contribution in [3.05, 3.63) is 53.7 Å². The Bertz CT molecular complexity index is 806. The molecule has 142 valence electrons. The molecule has 7 heteroatoms. The average molecular weight is 386 g/mol. The van der Waals surface area contributed by atoms with E-state index in [0.717, 1.165) is 24.2 Å². The van der Waals surface area contributed by atoms with Crippen LogP contribution in [0.25, 0.3) is 0 Å². The van der Waals surface area contributed by atoms with Gasteiger partial charge >= 0.3 is 5.97 Å². The first-order valence-electron chi connectivity index (χ1n) is 8.71. The van der Waals surface area contributed by atoms with Gasteiger partial charge in [-0.1, -0.05) is 12.1 Å². The van der Waals surface area contributed by atoms with Crippen LogP contribution in [0.3, 0.4) is 0 Å². The highest BCUT2D eigenvalue weighted by atomic mass is 32.2. The number of aromatic nitrogens is 1. The second-order valence-corrected chi connectivity index (χ2v) is 7.03. The molecule has 0 aliphatic heterocycles. The molecule has 2 aromatic rings. The van der Waals surface area contributed by atoms with E-state index in [4.69, 9.17) is 9.47 Å². The molecule has 0 radical (unpaired) electrons. The molecule has 1 heterocycles. The second kappa shape index (κ2) is 8.90. The molecule has 0 bridgehead atoms. The van der Waals surface area contributed by atoms with Crippen LogP contribution in [0.1, 0.15) is 28.8 Å². The molecule has 1 aromatic carbocycles. The van der Waals surface area contributed by atoms with E-state index >= 15 is 0 Å². The van der Waals surface area contributed by atoms with Crippen molar-refractivity contribution in [3.8, 4) is 5.75 Å². The first-order valence-corrected chi connectivity index (χ1v) is 9.93. The molecule has 0 atom stereocenters.